The van der Waals surface area contributed by atoms with E-state index in [0.717, 1.165) is 28.5 Å². The second-order valence-corrected chi connectivity index (χ2v) is 6.83. The molecule has 0 saturated heterocycles. The van der Waals surface area contributed by atoms with Gasteiger partial charge in [0.2, 0.25) is 5.91 Å². The molecule has 4 rings (SSSR count). The van der Waals surface area contributed by atoms with Crippen LogP contribution in [0, 0.1) is 13.8 Å². The molecule has 138 valence electrons. The number of carbonyl (C=O) groups is 2. The number of hydrogen-bond acceptors (Lipinski definition) is 3. The lowest BCUT2D eigenvalue weighted by molar-refractivity contribution is -0.116. The largest absolute Gasteiger partial charge is 0.326 e. The molecule has 1 aromatic carbocycles. The number of fused-ring (bicyclic) bond motifs is 1. The molecule has 1 aliphatic heterocycles. The maximum absolute atomic E-state index is 12.9. The van der Waals surface area contributed by atoms with Crippen molar-refractivity contribution in [3.8, 4) is 5.82 Å². The highest BCUT2D eigenvalue weighted by Gasteiger charge is 2.21. The van der Waals surface area contributed by atoms with Gasteiger partial charge in [0.25, 0.3) is 5.91 Å². The summed E-state index contributed by atoms with van der Waals surface area (Å²) in [5, 5.41) is 10.1. The van der Waals surface area contributed by atoms with E-state index >= 15 is 0 Å². The summed E-state index contributed by atoms with van der Waals surface area (Å²) in [6, 6.07) is 9.56. The summed E-state index contributed by atoms with van der Waals surface area (Å²) in [5.41, 5.74) is 5.11. The molecule has 0 radical (unpaired) electrons. The Morgan fingerprint density at radius 2 is 1.89 bits per heavy atom. The monoisotopic (exact) mass is 363 g/mol. The third-order valence-electron chi connectivity index (χ3n) is 4.89. The number of rotatable bonds is 3. The van der Waals surface area contributed by atoms with Crippen molar-refractivity contribution in [3.05, 3.63) is 59.0 Å². The van der Waals surface area contributed by atoms with Gasteiger partial charge in [0, 0.05) is 36.2 Å². The Kier molecular flexibility index (Phi) is 4.07. The van der Waals surface area contributed by atoms with Crippen molar-refractivity contribution in [1.29, 1.82) is 0 Å². The maximum Gasteiger partial charge on any atom is 0.261 e. The van der Waals surface area contributed by atoms with Crippen LogP contribution >= 0.6 is 0 Å². The highest BCUT2D eigenvalue weighted by molar-refractivity contribution is 6.06. The van der Waals surface area contributed by atoms with Crippen molar-refractivity contribution in [1.82, 2.24) is 14.3 Å². The molecule has 0 fully saturated rings. The molecule has 0 spiro atoms. The summed E-state index contributed by atoms with van der Waals surface area (Å²) >= 11 is 0. The molecule has 0 unspecified atom stereocenters. The Balaban J connectivity index is 1.65. The molecule has 2 N–H and O–H groups in total. The van der Waals surface area contributed by atoms with Gasteiger partial charge in [-0.2, -0.15) is 5.10 Å². The number of hydrogen-bond donors (Lipinski definition) is 2. The third kappa shape index (κ3) is 3.01. The van der Waals surface area contributed by atoms with Crippen LogP contribution in [-0.4, -0.2) is 26.2 Å². The molecule has 7 nitrogen and oxygen atoms in total. The SMILES string of the molecule is Cc1ccc(C)n1-c1c(C(=O)Nc2ccc3c(c2)CCC(=O)N3)cnn1C. The molecule has 2 amide bonds. The van der Waals surface area contributed by atoms with Crippen LogP contribution < -0.4 is 10.6 Å². The van der Waals surface area contributed by atoms with Gasteiger partial charge in [0.15, 0.2) is 0 Å². The minimum atomic E-state index is -0.217. The van der Waals surface area contributed by atoms with Crippen molar-refractivity contribution in [2.45, 2.75) is 26.7 Å². The first-order chi connectivity index (χ1) is 12.9. The van der Waals surface area contributed by atoms with Crippen molar-refractivity contribution in [3.63, 3.8) is 0 Å². The van der Waals surface area contributed by atoms with E-state index in [1.165, 1.54) is 0 Å². The topological polar surface area (TPSA) is 81.0 Å². The molecular formula is C20H21N5O2. The fourth-order valence-electron chi connectivity index (χ4n) is 3.52. The minimum absolute atomic E-state index is 0.0248. The van der Waals surface area contributed by atoms with Crippen LogP contribution in [0.3, 0.4) is 0 Å². The number of anilines is 2. The molecule has 0 atom stereocenters. The van der Waals surface area contributed by atoms with Crippen LogP contribution in [0.5, 0.6) is 0 Å². The Labute approximate surface area is 157 Å². The smallest absolute Gasteiger partial charge is 0.261 e. The lowest BCUT2D eigenvalue weighted by Crippen LogP contribution is -2.20. The fourth-order valence-corrected chi connectivity index (χ4v) is 3.52. The zero-order chi connectivity index (χ0) is 19.1. The predicted molar refractivity (Wildman–Crippen MR) is 103 cm³/mol. The molecule has 0 bridgehead atoms. The highest BCUT2D eigenvalue weighted by atomic mass is 16.2. The first-order valence-corrected chi connectivity index (χ1v) is 8.85. The zero-order valence-corrected chi connectivity index (χ0v) is 15.5. The Hall–Kier alpha value is -3.35. The Morgan fingerprint density at radius 3 is 2.63 bits per heavy atom. The van der Waals surface area contributed by atoms with Gasteiger partial charge < -0.3 is 15.2 Å². The number of nitrogens with zero attached hydrogens (tertiary/aromatic N) is 3. The van der Waals surface area contributed by atoms with Gasteiger partial charge in [-0.1, -0.05) is 0 Å². The Morgan fingerprint density at radius 1 is 1.15 bits per heavy atom. The molecule has 0 saturated carbocycles. The van der Waals surface area contributed by atoms with E-state index < -0.39 is 0 Å². The fraction of sp³-hybridized carbons (Fsp3) is 0.250. The molecular weight excluding hydrogens is 342 g/mol. The number of amides is 2. The first kappa shape index (κ1) is 17.1. The zero-order valence-electron chi connectivity index (χ0n) is 15.5. The summed E-state index contributed by atoms with van der Waals surface area (Å²) < 4.78 is 3.72. The van der Waals surface area contributed by atoms with Crippen LogP contribution in [0.2, 0.25) is 0 Å². The molecule has 1 aliphatic rings. The third-order valence-corrected chi connectivity index (χ3v) is 4.89. The number of benzene rings is 1. The van der Waals surface area contributed by atoms with E-state index in [-0.39, 0.29) is 11.8 Å². The molecule has 3 heterocycles. The lowest BCUT2D eigenvalue weighted by atomic mass is 10.0. The van der Waals surface area contributed by atoms with Crippen molar-refractivity contribution in [2.24, 2.45) is 7.05 Å². The Bertz CT molecular complexity index is 1040. The predicted octanol–water partition coefficient (Wildman–Crippen LogP) is 2.96. The summed E-state index contributed by atoms with van der Waals surface area (Å²) in [6.45, 7) is 4.00. The summed E-state index contributed by atoms with van der Waals surface area (Å²) in [4.78, 5) is 24.4. The summed E-state index contributed by atoms with van der Waals surface area (Å²) in [7, 11) is 1.83. The van der Waals surface area contributed by atoms with Crippen LogP contribution in [0.25, 0.3) is 5.82 Å². The standard InChI is InChI=1S/C20H21N5O2/c1-12-4-5-13(2)25(12)20-16(11-21-24(20)3)19(27)22-15-7-8-17-14(10-15)6-9-18(26)23-17/h4-5,7-8,10-11H,6,9H2,1-3H3,(H,22,27)(H,23,26). The molecule has 7 heteroatoms. The van der Waals surface area contributed by atoms with E-state index in [1.54, 1.807) is 16.9 Å². The average molecular weight is 363 g/mol. The van der Waals surface area contributed by atoms with Gasteiger partial charge in [0.05, 0.1) is 6.20 Å². The number of aryl methyl sites for hydroxylation is 4. The van der Waals surface area contributed by atoms with Gasteiger partial charge in [-0.3, -0.25) is 14.3 Å². The molecule has 3 aromatic rings. The first-order valence-electron chi connectivity index (χ1n) is 8.85. The van der Waals surface area contributed by atoms with Gasteiger partial charge in [-0.15, -0.1) is 0 Å². The number of aromatic nitrogens is 3. The van der Waals surface area contributed by atoms with Gasteiger partial charge >= 0.3 is 0 Å². The maximum atomic E-state index is 12.9. The second-order valence-electron chi connectivity index (χ2n) is 6.83. The van der Waals surface area contributed by atoms with Gasteiger partial charge in [-0.25, -0.2) is 0 Å². The lowest BCUT2D eigenvalue weighted by Gasteiger charge is -2.18. The second kappa shape index (κ2) is 6.42. The molecule has 2 aromatic heterocycles. The van der Waals surface area contributed by atoms with Crippen LogP contribution in [-0.2, 0) is 18.3 Å². The highest BCUT2D eigenvalue weighted by Crippen LogP contribution is 2.26. The van der Waals surface area contributed by atoms with E-state index in [0.29, 0.717) is 24.1 Å². The number of carbonyl (C=O) groups excluding carboxylic acids is 2. The van der Waals surface area contributed by atoms with E-state index in [4.69, 9.17) is 0 Å². The summed E-state index contributed by atoms with van der Waals surface area (Å²) in [6.07, 6.45) is 2.72. The normalized spacial score (nSPS) is 13.2. The van der Waals surface area contributed by atoms with Crippen LogP contribution in [0.1, 0.15) is 33.7 Å². The number of nitrogens with one attached hydrogen (secondary N) is 2. The van der Waals surface area contributed by atoms with Crippen LogP contribution in [0.15, 0.2) is 36.5 Å². The van der Waals surface area contributed by atoms with E-state index in [9.17, 15) is 9.59 Å². The minimum Gasteiger partial charge on any atom is -0.326 e. The van der Waals surface area contributed by atoms with Crippen molar-refractivity contribution in [2.75, 3.05) is 10.6 Å². The molecule has 27 heavy (non-hydrogen) atoms. The van der Waals surface area contributed by atoms with Crippen molar-refractivity contribution >= 4 is 23.2 Å². The van der Waals surface area contributed by atoms with Gasteiger partial charge in [0.1, 0.15) is 11.4 Å². The van der Waals surface area contributed by atoms with Crippen molar-refractivity contribution < 1.29 is 9.59 Å². The molecule has 0 aliphatic carbocycles. The van der Waals surface area contributed by atoms with Gasteiger partial charge in [-0.05, 0) is 56.2 Å². The average Bonchev–Trinajstić information content (AvgIpc) is 3.17. The van der Waals surface area contributed by atoms with E-state index in [1.807, 2.05) is 49.7 Å². The van der Waals surface area contributed by atoms with Crippen LogP contribution in [0.4, 0.5) is 11.4 Å². The summed E-state index contributed by atoms with van der Waals surface area (Å²) in [5.74, 6) is 0.542. The van der Waals surface area contributed by atoms with E-state index in [2.05, 4.69) is 15.7 Å². The quantitative estimate of drug-likeness (QED) is 0.751.